The number of nitrogens with one attached hydrogen (secondary N) is 2. The Hall–Kier alpha value is -3.00. The number of nitrogens with zero attached hydrogens (tertiary/aromatic N) is 4. The molecule has 8 nitrogen and oxygen atoms in total. The van der Waals surface area contributed by atoms with Crippen LogP contribution in [0.25, 0.3) is 0 Å². The van der Waals surface area contributed by atoms with Crippen LogP contribution in [0.4, 0.5) is 5.82 Å². The molecule has 3 aromatic rings. The number of carbonyl (C=O) groups excluding carboxylic acids is 1. The van der Waals surface area contributed by atoms with E-state index in [4.69, 9.17) is 9.72 Å². The van der Waals surface area contributed by atoms with Crippen molar-refractivity contribution in [3.8, 4) is 0 Å². The van der Waals surface area contributed by atoms with Crippen LogP contribution in [0.3, 0.4) is 0 Å². The Morgan fingerprint density at radius 3 is 2.87 bits per heavy atom. The molecule has 164 valence electrons. The molecule has 0 aromatic carbocycles. The van der Waals surface area contributed by atoms with E-state index >= 15 is 0 Å². The molecule has 3 aromatic heterocycles. The number of aromatic nitrogens is 5. The van der Waals surface area contributed by atoms with E-state index in [1.165, 1.54) is 5.69 Å². The zero-order valence-corrected chi connectivity index (χ0v) is 18.6. The van der Waals surface area contributed by atoms with Crippen LogP contribution in [0.1, 0.15) is 84.1 Å². The summed E-state index contributed by atoms with van der Waals surface area (Å²) in [5, 5.41) is 14.6. The molecular formula is C23H30N6O2. The Bertz CT molecular complexity index is 1050. The summed E-state index contributed by atoms with van der Waals surface area (Å²) < 4.78 is 6.64. The molecular weight excluding hydrogens is 392 g/mol. The van der Waals surface area contributed by atoms with E-state index in [2.05, 4.69) is 52.7 Å². The lowest BCUT2D eigenvalue weighted by Crippen LogP contribution is -2.16. The summed E-state index contributed by atoms with van der Waals surface area (Å²) in [4.78, 5) is 17.5. The van der Waals surface area contributed by atoms with Crippen LogP contribution >= 0.6 is 0 Å². The second-order valence-corrected chi connectivity index (χ2v) is 8.59. The molecule has 8 heteroatoms. The number of anilines is 1. The predicted molar refractivity (Wildman–Crippen MR) is 118 cm³/mol. The fourth-order valence-corrected chi connectivity index (χ4v) is 4.30. The maximum atomic E-state index is 12.6. The van der Waals surface area contributed by atoms with E-state index in [0.29, 0.717) is 41.6 Å². The number of pyridine rings is 1. The molecule has 0 unspecified atom stereocenters. The third-order valence-corrected chi connectivity index (χ3v) is 5.97. The zero-order valence-electron chi connectivity index (χ0n) is 18.6. The van der Waals surface area contributed by atoms with Gasteiger partial charge in [-0.1, -0.05) is 19.9 Å². The molecule has 2 atom stereocenters. The fraction of sp³-hybridized carbons (Fsp3) is 0.478. The molecule has 1 saturated carbocycles. The van der Waals surface area contributed by atoms with Gasteiger partial charge < -0.3 is 10.1 Å². The van der Waals surface area contributed by atoms with Gasteiger partial charge >= 0.3 is 0 Å². The number of rotatable bonds is 7. The molecule has 1 aliphatic rings. The number of aryl methyl sites for hydroxylation is 1. The van der Waals surface area contributed by atoms with Crippen LogP contribution in [0.5, 0.6) is 0 Å². The molecule has 0 radical (unpaired) electrons. The van der Waals surface area contributed by atoms with Crippen LogP contribution < -0.4 is 5.32 Å². The van der Waals surface area contributed by atoms with Gasteiger partial charge in [-0.15, -0.1) is 0 Å². The lowest BCUT2D eigenvalue weighted by Gasteiger charge is -2.12. The molecule has 3 heterocycles. The summed E-state index contributed by atoms with van der Waals surface area (Å²) in [6, 6.07) is 10.0. The van der Waals surface area contributed by atoms with Crippen molar-refractivity contribution in [1.29, 1.82) is 0 Å². The number of carbonyl (C=O) groups is 1. The summed E-state index contributed by atoms with van der Waals surface area (Å²) in [6.45, 7) is 4.72. The number of amides is 1. The number of aromatic amines is 1. The van der Waals surface area contributed by atoms with Crippen molar-refractivity contribution in [3.63, 3.8) is 0 Å². The Balaban J connectivity index is 1.40. The minimum absolute atomic E-state index is 0.241. The van der Waals surface area contributed by atoms with Gasteiger partial charge in [0.15, 0.2) is 5.82 Å². The molecule has 0 spiro atoms. The highest BCUT2D eigenvalue weighted by atomic mass is 16.5. The minimum Gasteiger partial charge on any atom is -0.378 e. The average Bonchev–Trinajstić information content (AvgIpc) is 3.48. The Morgan fingerprint density at radius 2 is 2.10 bits per heavy atom. The minimum atomic E-state index is -0.241. The smallest absolute Gasteiger partial charge is 0.275 e. The van der Waals surface area contributed by atoms with Crippen molar-refractivity contribution in [2.45, 2.75) is 57.5 Å². The highest BCUT2D eigenvalue weighted by Crippen LogP contribution is 2.43. The zero-order chi connectivity index (χ0) is 22.0. The van der Waals surface area contributed by atoms with E-state index in [9.17, 15) is 4.79 Å². The standard InChI is InChI=1S/C23H30N6O2/c1-14(2)18-6-5-7-19(24-18)15-8-9-16(10-15)20-12-22(27-26-20)25-23(30)21-11-17(13-31-4)28-29(21)3/h5-7,11-12,14-16H,8-10,13H2,1-4H3,(H2,25,26,27,30)/t15-,16+/m0/s1. The molecule has 0 saturated heterocycles. The predicted octanol–water partition coefficient (Wildman–Crippen LogP) is 4.11. The Morgan fingerprint density at radius 1 is 1.29 bits per heavy atom. The third kappa shape index (κ3) is 4.69. The van der Waals surface area contributed by atoms with Gasteiger partial charge in [-0.2, -0.15) is 10.2 Å². The SMILES string of the molecule is COCc1cc(C(=O)Nc2cc([C@@H]3CC[C@H](c4cccc(C(C)C)n4)C3)[nH]n2)n(C)n1. The van der Waals surface area contributed by atoms with Crippen molar-refractivity contribution in [3.05, 3.63) is 58.8 Å². The van der Waals surface area contributed by atoms with Crippen molar-refractivity contribution in [2.75, 3.05) is 12.4 Å². The van der Waals surface area contributed by atoms with Crippen LogP contribution in [-0.4, -0.2) is 38.0 Å². The van der Waals surface area contributed by atoms with Gasteiger partial charge in [-0.3, -0.25) is 19.6 Å². The Kier molecular flexibility index (Phi) is 6.18. The first-order valence-corrected chi connectivity index (χ1v) is 10.8. The highest BCUT2D eigenvalue weighted by Gasteiger charge is 2.29. The first-order chi connectivity index (χ1) is 14.9. The highest BCUT2D eigenvalue weighted by molar-refractivity contribution is 6.02. The second kappa shape index (κ2) is 9.01. The molecule has 1 amide bonds. The van der Waals surface area contributed by atoms with Crippen LogP contribution in [0.2, 0.25) is 0 Å². The monoisotopic (exact) mass is 422 g/mol. The van der Waals surface area contributed by atoms with Gasteiger partial charge in [0.1, 0.15) is 5.69 Å². The summed E-state index contributed by atoms with van der Waals surface area (Å²) in [7, 11) is 3.34. The van der Waals surface area contributed by atoms with E-state index < -0.39 is 0 Å². The lowest BCUT2D eigenvalue weighted by atomic mass is 9.98. The van der Waals surface area contributed by atoms with Crippen molar-refractivity contribution in [1.82, 2.24) is 25.0 Å². The molecule has 0 bridgehead atoms. The molecule has 31 heavy (non-hydrogen) atoms. The Labute approximate surface area is 182 Å². The molecule has 0 aliphatic heterocycles. The normalized spacial score (nSPS) is 18.6. The van der Waals surface area contributed by atoms with E-state index in [1.54, 1.807) is 24.9 Å². The fourth-order valence-electron chi connectivity index (χ4n) is 4.30. The molecule has 1 aliphatic carbocycles. The van der Waals surface area contributed by atoms with Gasteiger partial charge in [0, 0.05) is 49.1 Å². The largest absolute Gasteiger partial charge is 0.378 e. The van der Waals surface area contributed by atoms with Crippen molar-refractivity contribution in [2.24, 2.45) is 7.05 Å². The van der Waals surface area contributed by atoms with Gasteiger partial charge in [-0.05, 0) is 43.4 Å². The lowest BCUT2D eigenvalue weighted by molar-refractivity contribution is 0.101. The first kappa shape index (κ1) is 21.2. The second-order valence-electron chi connectivity index (χ2n) is 8.59. The first-order valence-electron chi connectivity index (χ1n) is 10.8. The van der Waals surface area contributed by atoms with Gasteiger partial charge in [0.25, 0.3) is 5.91 Å². The molecule has 2 N–H and O–H groups in total. The number of ether oxygens (including phenoxy) is 1. The number of H-pyrrole nitrogens is 1. The number of hydrogen-bond donors (Lipinski definition) is 2. The maximum absolute atomic E-state index is 12.6. The summed E-state index contributed by atoms with van der Waals surface area (Å²) >= 11 is 0. The van der Waals surface area contributed by atoms with Gasteiger partial charge in [-0.25, -0.2) is 0 Å². The van der Waals surface area contributed by atoms with Crippen molar-refractivity contribution >= 4 is 11.7 Å². The van der Waals surface area contributed by atoms with Crippen LogP contribution in [0.15, 0.2) is 30.3 Å². The number of hydrogen-bond acceptors (Lipinski definition) is 5. The van der Waals surface area contributed by atoms with Gasteiger partial charge in [0.2, 0.25) is 0 Å². The van der Waals surface area contributed by atoms with Crippen LogP contribution in [0, 0.1) is 0 Å². The number of methoxy groups -OCH3 is 1. The quantitative estimate of drug-likeness (QED) is 0.597. The summed E-state index contributed by atoms with van der Waals surface area (Å²) in [6.07, 6.45) is 3.22. The maximum Gasteiger partial charge on any atom is 0.275 e. The molecule has 4 rings (SSSR count). The molecule has 1 fully saturated rings. The van der Waals surface area contributed by atoms with Gasteiger partial charge in [0.05, 0.1) is 12.3 Å². The summed E-state index contributed by atoms with van der Waals surface area (Å²) in [5.74, 6) is 1.56. The third-order valence-electron chi connectivity index (χ3n) is 5.97. The summed E-state index contributed by atoms with van der Waals surface area (Å²) in [5.41, 5.74) is 4.57. The van der Waals surface area contributed by atoms with Crippen molar-refractivity contribution < 1.29 is 9.53 Å². The van der Waals surface area contributed by atoms with Crippen LogP contribution in [-0.2, 0) is 18.4 Å². The van der Waals surface area contributed by atoms with E-state index in [-0.39, 0.29) is 5.91 Å². The average molecular weight is 423 g/mol. The topological polar surface area (TPSA) is 97.7 Å². The van der Waals surface area contributed by atoms with E-state index in [1.807, 2.05) is 6.07 Å². The van der Waals surface area contributed by atoms with E-state index in [0.717, 1.165) is 30.7 Å².